The summed E-state index contributed by atoms with van der Waals surface area (Å²) in [6, 6.07) is 0. The quantitative estimate of drug-likeness (QED) is 0.331. The lowest BCUT2D eigenvalue weighted by Gasteiger charge is -2.59. The van der Waals surface area contributed by atoms with E-state index in [1.165, 1.54) is 19.3 Å². The van der Waals surface area contributed by atoms with Crippen LogP contribution in [0.2, 0.25) is 0 Å². The molecule has 0 aromatic heterocycles. The summed E-state index contributed by atoms with van der Waals surface area (Å²) in [5.74, 6) is 6.87. The van der Waals surface area contributed by atoms with Crippen molar-refractivity contribution in [3.63, 3.8) is 0 Å². The lowest BCUT2D eigenvalue weighted by atomic mass is 9.49. The van der Waals surface area contributed by atoms with Crippen LogP contribution in [0.5, 0.6) is 0 Å². The molecular weight excluding hydrogens is 256 g/mol. The molecule has 4 fully saturated rings. The van der Waals surface area contributed by atoms with Crippen LogP contribution in [0.1, 0.15) is 38.5 Å². The van der Waals surface area contributed by atoms with Gasteiger partial charge in [0, 0.05) is 4.32 Å². The van der Waals surface area contributed by atoms with Gasteiger partial charge in [-0.25, -0.2) is 5.84 Å². The minimum atomic E-state index is -0.150. The van der Waals surface area contributed by atoms with Gasteiger partial charge in [0.15, 0.2) is 0 Å². The van der Waals surface area contributed by atoms with Gasteiger partial charge in [0.25, 0.3) is 0 Å². The van der Waals surface area contributed by atoms with Gasteiger partial charge in [0.05, 0.1) is 5.41 Å². The van der Waals surface area contributed by atoms with Gasteiger partial charge in [-0.05, 0) is 50.4 Å². The lowest BCUT2D eigenvalue weighted by molar-refractivity contribution is -0.144. The van der Waals surface area contributed by atoms with Crippen LogP contribution < -0.4 is 11.3 Å². The third kappa shape index (κ3) is 1.37. The molecule has 0 spiro atoms. The largest absolute Gasteiger partial charge is 0.294 e. The molecule has 0 saturated heterocycles. The highest BCUT2D eigenvalue weighted by Crippen LogP contribution is 2.64. The molecule has 0 aliphatic heterocycles. The highest BCUT2D eigenvalue weighted by atomic mass is 79.9. The van der Waals surface area contributed by atoms with Crippen LogP contribution in [0.25, 0.3) is 0 Å². The fourth-order valence-corrected chi connectivity index (χ4v) is 6.02. The maximum atomic E-state index is 12.0. The number of rotatable bonds is 1. The molecule has 4 rings (SSSR count). The highest BCUT2D eigenvalue weighted by Gasteiger charge is 2.59. The summed E-state index contributed by atoms with van der Waals surface area (Å²) in [5.41, 5.74) is 2.23. The molecule has 4 heteroatoms. The Kier molecular flexibility index (Phi) is 2.00. The van der Waals surface area contributed by atoms with Crippen molar-refractivity contribution < 1.29 is 4.79 Å². The molecule has 4 aliphatic rings. The SMILES string of the molecule is NNC(=O)C12CC3CC(CC(Br)(C3)C1)C2. The van der Waals surface area contributed by atoms with E-state index in [1.54, 1.807) is 0 Å². The van der Waals surface area contributed by atoms with Gasteiger partial charge in [0.2, 0.25) is 5.91 Å². The van der Waals surface area contributed by atoms with Crippen LogP contribution >= 0.6 is 15.9 Å². The second-order valence-electron chi connectivity index (χ2n) is 5.87. The van der Waals surface area contributed by atoms with Crippen LogP contribution in [0.3, 0.4) is 0 Å². The van der Waals surface area contributed by atoms with Crippen molar-refractivity contribution in [2.75, 3.05) is 0 Å². The number of carbonyl (C=O) groups is 1. The van der Waals surface area contributed by atoms with E-state index in [-0.39, 0.29) is 15.6 Å². The number of carbonyl (C=O) groups excluding carboxylic acids is 1. The van der Waals surface area contributed by atoms with Crippen LogP contribution in [0, 0.1) is 17.3 Å². The third-order valence-electron chi connectivity index (χ3n) is 4.60. The second kappa shape index (κ2) is 2.98. The van der Waals surface area contributed by atoms with E-state index < -0.39 is 0 Å². The van der Waals surface area contributed by atoms with Crippen molar-refractivity contribution in [2.24, 2.45) is 23.1 Å². The minimum absolute atomic E-state index is 0.0698. The first kappa shape index (κ1) is 10.1. The monoisotopic (exact) mass is 272 g/mol. The average molecular weight is 273 g/mol. The van der Waals surface area contributed by atoms with Gasteiger partial charge in [-0.2, -0.15) is 0 Å². The zero-order valence-electron chi connectivity index (χ0n) is 8.76. The molecule has 0 aromatic rings. The van der Waals surface area contributed by atoms with E-state index in [0.717, 1.165) is 31.1 Å². The van der Waals surface area contributed by atoms with Crippen LogP contribution in [-0.4, -0.2) is 10.2 Å². The molecule has 84 valence electrons. The summed E-state index contributed by atoms with van der Waals surface area (Å²) in [7, 11) is 0. The van der Waals surface area contributed by atoms with Gasteiger partial charge in [-0.15, -0.1) is 0 Å². The van der Waals surface area contributed by atoms with Crippen LogP contribution in [0.15, 0.2) is 0 Å². The summed E-state index contributed by atoms with van der Waals surface area (Å²) < 4.78 is 0.240. The molecule has 4 aliphatic carbocycles. The Labute approximate surface area is 98.3 Å². The first-order chi connectivity index (χ1) is 7.05. The predicted molar refractivity (Wildman–Crippen MR) is 61.1 cm³/mol. The normalized spacial score (nSPS) is 51.9. The number of nitrogens with two attached hydrogens (primary N) is 1. The molecule has 4 saturated carbocycles. The van der Waals surface area contributed by atoms with Crippen molar-refractivity contribution in [2.45, 2.75) is 42.8 Å². The summed E-state index contributed by atoms with van der Waals surface area (Å²) in [5, 5.41) is 0. The third-order valence-corrected chi connectivity index (χ3v) is 5.53. The van der Waals surface area contributed by atoms with E-state index in [4.69, 9.17) is 5.84 Å². The number of hydrogen-bond donors (Lipinski definition) is 2. The number of alkyl halides is 1. The van der Waals surface area contributed by atoms with E-state index in [1.807, 2.05) is 0 Å². The number of hydrazine groups is 1. The molecular formula is C11H17BrN2O. The number of amides is 1. The topological polar surface area (TPSA) is 55.1 Å². The molecule has 4 bridgehead atoms. The molecule has 15 heavy (non-hydrogen) atoms. The first-order valence-electron chi connectivity index (χ1n) is 5.75. The van der Waals surface area contributed by atoms with Gasteiger partial charge in [-0.3, -0.25) is 10.2 Å². The average Bonchev–Trinajstić information content (AvgIpc) is 2.12. The molecule has 3 N–H and O–H groups in total. The molecule has 0 aromatic carbocycles. The smallest absolute Gasteiger partial charge is 0.240 e. The molecule has 0 heterocycles. The highest BCUT2D eigenvalue weighted by molar-refractivity contribution is 9.10. The van der Waals surface area contributed by atoms with Crippen molar-refractivity contribution in [3.05, 3.63) is 0 Å². The zero-order valence-corrected chi connectivity index (χ0v) is 10.3. The Morgan fingerprint density at radius 1 is 1.27 bits per heavy atom. The standard InChI is InChI=1S/C11H17BrN2O/c12-11-4-7-1-8(5-11)3-10(2-7,6-11)9(15)14-13/h7-8H,1-6,13H2,(H,14,15). The maximum Gasteiger partial charge on any atom is 0.240 e. The van der Waals surface area contributed by atoms with Crippen LogP contribution in [0.4, 0.5) is 0 Å². The van der Waals surface area contributed by atoms with Crippen LogP contribution in [-0.2, 0) is 4.79 Å². The zero-order chi connectivity index (χ0) is 10.7. The summed E-state index contributed by atoms with van der Waals surface area (Å²) >= 11 is 3.87. The summed E-state index contributed by atoms with van der Waals surface area (Å²) in [6.45, 7) is 0. The Balaban J connectivity index is 1.96. The number of halogens is 1. The number of nitrogens with one attached hydrogen (secondary N) is 1. The molecule has 1 amide bonds. The molecule has 2 unspecified atom stereocenters. The second-order valence-corrected chi connectivity index (χ2v) is 7.55. The fourth-order valence-electron chi connectivity index (χ4n) is 4.57. The maximum absolute atomic E-state index is 12.0. The predicted octanol–water partition coefficient (Wildman–Crippen LogP) is 1.71. The Morgan fingerprint density at radius 2 is 1.87 bits per heavy atom. The van der Waals surface area contributed by atoms with Crippen molar-refractivity contribution in [1.82, 2.24) is 5.43 Å². The Morgan fingerprint density at radius 3 is 2.33 bits per heavy atom. The molecule has 3 nitrogen and oxygen atoms in total. The Bertz CT molecular complexity index is 304. The summed E-state index contributed by atoms with van der Waals surface area (Å²) in [4.78, 5) is 12.0. The lowest BCUT2D eigenvalue weighted by Crippen LogP contribution is -2.59. The minimum Gasteiger partial charge on any atom is -0.294 e. The van der Waals surface area contributed by atoms with E-state index in [9.17, 15) is 4.79 Å². The van der Waals surface area contributed by atoms with Gasteiger partial charge in [-0.1, -0.05) is 15.9 Å². The van der Waals surface area contributed by atoms with Gasteiger partial charge >= 0.3 is 0 Å². The van der Waals surface area contributed by atoms with Gasteiger partial charge in [0.1, 0.15) is 0 Å². The summed E-state index contributed by atoms with van der Waals surface area (Å²) in [6.07, 6.45) is 6.93. The van der Waals surface area contributed by atoms with E-state index in [2.05, 4.69) is 21.4 Å². The van der Waals surface area contributed by atoms with Crippen molar-refractivity contribution in [1.29, 1.82) is 0 Å². The Hall–Kier alpha value is -0.0900. The molecule has 2 atom stereocenters. The van der Waals surface area contributed by atoms with Gasteiger partial charge < -0.3 is 0 Å². The van der Waals surface area contributed by atoms with Crippen molar-refractivity contribution in [3.8, 4) is 0 Å². The van der Waals surface area contributed by atoms with E-state index in [0.29, 0.717) is 0 Å². The first-order valence-corrected chi connectivity index (χ1v) is 6.55. The van der Waals surface area contributed by atoms with E-state index >= 15 is 0 Å². The fraction of sp³-hybridized carbons (Fsp3) is 0.909. The van der Waals surface area contributed by atoms with Crippen molar-refractivity contribution >= 4 is 21.8 Å². The molecule has 0 radical (unpaired) electrons. The number of hydrogen-bond acceptors (Lipinski definition) is 2.